The van der Waals surface area contributed by atoms with Gasteiger partial charge < -0.3 is 50.4 Å². The standard InChI is InChI=1S/C37H51N7O12/c1-25-34(26(2)42-37(41-25)39-12-4-6-27-5-3-7-28(45)23-27)35(50)43-29(36(51)52)24-40-31(47)11-15-53-17-19-55-21-22-56-20-18-54-16-13-38-30(46)10-14-44-32(48)8-9-33(44)49/h3,5,7-9,23,29,45H,4,6,10-22,24H2,1-2H3,(H,38,46)(H,40,47)(H,43,50)(H,51,52)(H,39,41,42)/t29-/m0/s1. The molecule has 306 valence electrons. The van der Waals surface area contributed by atoms with Crippen molar-refractivity contribution >= 4 is 41.5 Å². The molecule has 19 nitrogen and oxygen atoms in total. The van der Waals surface area contributed by atoms with Crippen molar-refractivity contribution in [1.29, 1.82) is 0 Å². The van der Waals surface area contributed by atoms with E-state index >= 15 is 0 Å². The topological polar surface area (TPSA) is 257 Å². The van der Waals surface area contributed by atoms with Gasteiger partial charge in [0.25, 0.3) is 17.7 Å². The van der Waals surface area contributed by atoms with E-state index in [2.05, 4.69) is 31.2 Å². The summed E-state index contributed by atoms with van der Waals surface area (Å²) in [6, 6.07) is 5.63. The van der Waals surface area contributed by atoms with Crippen molar-refractivity contribution in [1.82, 2.24) is 30.8 Å². The minimum Gasteiger partial charge on any atom is -0.508 e. The van der Waals surface area contributed by atoms with Crippen LogP contribution < -0.4 is 21.3 Å². The predicted octanol–water partition coefficient (Wildman–Crippen LogP) is 0.0307. The number of amides is 5. The molecule has 0 unspecified atom stereocenters. The Morgan fingerprint density at radius 3 is 1.98 bits per heavy atom. The second-order valence-corrected chi connectivity index (χ2v) is 12.4. The monoisotopic (exact) mass is 785 g/mol. The van der Waals surface area contributed by atoms with Crippen molar-refractivity contribution in [3.63, 3.8) is 0 Å². The molecule has 1 atom stereocenters. The summed E-state index contributed by atoms with van der Waals surface area (Å²) in [5.41, 5.74) is 1.86. The molecule has 0 aliphatic carbocycles. The van der Waals surface area contributed by atoms with E-state index in [0.29, 0.717) is 50.3 Å². The fourth-order valence-electron chi connectivity index (χ4n) is 5.21. The molecule has 0 radical (unpaired) electrons. The zero-order chi connectivity index (χ0) is 40.7. The highest BCUT2D eigenvalue weighted by molar-refractivity contribution is 6.13. The quantitative estimate of drug-likeness (QED) is 0.0492. The first kappa shape index (κ1) is 44.9. The number of nitrogens with zero attached hydrogens (tertiary/aromatic N) is 3. The van der Waals surface area contributed by atoms with Crippen LogP contribution in [0.1, 0.15) is 46.6 Å². The van der Waals surface area contributed by atoms with E-state index in [0.717, 1.165) is 23.3 Å². The van der Waals surface area contributed by atoms with Gasteiger partial charge >= 0.3 is 5.97 Å². The van der Waals surface area contributed by atoms with Crippen LogP contribution >= 0.6 is 0 Å². The smallest absolute Gasteiger partial charge is 0.328 e. The fourth-order valence-corrected chi connectivity index (χ4v) is 5.21. The van der Waals surface area contributed by atoms with Gasteiger partial charge in [-0.3, -0.25) is 28.9 Å². The molecular formula is C37H51N7O12. The van der Waals surface area contributed by atoms with Gasteiger partial charge in [0, 0.05) is 51.2 Å². The van der Waals surface area contributed by atoms with Crippen molar-refractivity contribution in [3.05, 3.63) is 58.9 Å². The lowest BCUT2D eigenvalue weighted by molar-refractivity contribution is -0.140. The number of phenolic OH excluding ortho intramolecular Hbond substituents is 1. The van der Waals surface area contributed by atoms with Crippen molar-refractivity contribution < 1.29 is 57.9 Å². The third-order valence-electron chi connectivity index (χ3n) is 8.06. The Morgan fingerprint density at radius 1 is 0.786 bits per heavy atom. The summed E-state index contributed by atoms with van der Waals surface area (Å²) in [6.45, 7) is 5.89. The molecule has 56 heavy (non-hydrogen) atoms. The minimum absolute atomic E-state index is 0.0134. The van der Waals surface area contributed by atoms with Crippen molar-refractivity contribution in [2.24, 2.45) is 0 Å². The molecule has 0 saturated heterocycles. The summed E-state index contributed by atoms with van der Waals surface area (Å²) in [6.07, 6.45) is 3.81. The number of rotatable bonds is 28. The number of phenols is 1. The van der Waals surface area contributed by atoms with Crippen LogP contribution in [0.4, 0.5) is 5.95 Å². The summed E-state index contributed by atoms with van der Waals surface area (Å²) < 4.78 is 21.6. The molecule has 2 aromatic rings. The van der Waals surface area contributed by atoms with Crippen LogP contribution in [0, 0.1) is 13.8 Å². The number of imide groups is 1. The number of aliphatic carboxylic acids is 1. The SMILES string of the molecule is Cc1nc(NCCCc2cccc(O)c2)nc(C)c1C(=O)N[C@@H](CNC(=O)CCOCCOCCOCCOCCNC(=O)CCN1C(=O)C=CC1=O)C(=O)O. The highest BCUT2D eigenvalue weighted by atomic mass is 16.6. The van der Waals surface area contributed by atoms with Gasteiger partial charge in [-0.25, -0.2) is 14.8 Å². The van der Waals surface area contributed by atoms with E-state index in [-0.39, 0.29) is 76.1 Å². The van der Waals surface area contributed by atoms with Gasteiger partial charge in [0.2, 0.25) is 17.8 Å². The number of ether oxygens (including phenoxy) is 4. The predicted molar refractivity (Wildman–Crippen MR) is 200 cm³/mol. The van der Waals surface area contributed by atoms with E-state index in [9.17, 15) is 39.0 Å². The first-order chi connectivity index (χ1) is 26.9. The van der Waals surface area contributed by atoms with E-state index in [1.165, 1.54) is 12.2 Å². The van der Waals surface area contributed by atoms with Gasteiger partial charge in [-0.15, -0.1) is 0 Å². The molecule has 2 heterocycles. The maximum atomic E-state index is 13.0. The number of anilines is 1. The van der Waals surface area contributed by atoms with E-state index in [4.69, 9.17) is 18.9 Å². The molecule has 1 aliphatic heterocycles. The first-order valence-corrected chi connectivity index (χ1v) is 18.2. The average molecular weight is 786 g/mol. The molecule has 6 N–H and O–H groups in total. The van der Waals surface area contributed by atoms with E-state index in [1.807, 2.05) is 6.07 Å². The second-order valence-electron chi connectivity index (χ2n) is 12.4. The summed E-state index contributed by atoms with van der Waals surface area (Å²) in [5, 5.41) is 30.0. The minimum atomic E-state index is -1.39. The molecule has 3 rings (SSSR count). The van der Waals surface area contributed by atoms with Gasteiger partial charge in [-0.05, 0) is 44.4 Å². The number of benzene rings is 1. The lowest BCUT2D eigenvalue weighted by atomic mass is 10.1. The molecule has 19 heteroatoms. The lowest BCUT2D eigenvalue weighted by Crippen LogP contribution is -2.48. The number of nitrogens with one attached hydrogen (secondary N) is 4. The zero-order valence-corrected chi connectivity index (χ0v) is 31.7. The molecule has 0 spiro atoms. The lowest BCUT2D eigenvalue weighted by Gasteiger charge is -2.17. The summed E-state index contributed by atoms with van der Waals surface area (Å²) >= 11 is 0. The molecule has 1 aliphatic rings. The van der Waals surface area contributed by atoms with Gasteiger partial charge in [0.15, 0.2) is 0 Å². The normalized spacial score (nSPS) is 12.8. The van der Waals surface area contributed by atoms with Crippen LogP contribution in [-0.2, 0) is 49.3 Å². The van der Waals surface area contributed by atoms with E-state index in [1.54, 1.807) is 32.0 Å². The Morgan fingerprint density at radius 2 is 1.38 bits per heavy atom. The maximum Gasteiger partial charge on any atom is 0.328 e. The Hall–Kier alpha value is -5.50. The van der Waals surface area contributed by atoms with Gasteiger partial charge in [0.1, 0.15) is 11.8 Å². The van der Waals surface area contributed by atoms with Gasteiger partial charge in [-0.1, -0.05) is 12.1 Å². The molecule has 5 amide bonds. The fraction of sp³-hybridized carbons (Fsp3) is 0.514. The Bertz CT molecular complexity index is 1630. The summed E-state index contributed by atoms with van der Waals surface area (Å²) in [7, 11) is 0. The number of carboxylic acid groups (broad SMARTS) is 1. The number of carboxylic acids is 1. The second kappa shape index (κ2) is 24.8. The van der Waals surface area contributed by atoms with Crippen LogP contribution in [-0.4, -0.2) is 146 Å². The van der Waals surface area contributed by atoms with Crippen LogP contribution in [0.25, 0.3) is 0 Å². The molecule has 0 fully saturated rings. The van der Waals surface area contributed by atoms with Crippen LogP contribution in [0.5, 0.6) is 5.75 Å². The summed E-state index contributed by atoms with van der Waals surface area (Å²) in [4.78, 5) is 81.6. The molecule has 0 saturated carbocycles. The number of carbonyl (C=O) groups is 6. The highest BCUT2D eigenvalue weighted by Gasteiger charge is 2.25. The highest BCUT2D eigenvalue weighted by Crippen LogP contribution is 2.15. The Labute approximate surface area is 324 Å². The Kier molecular flexibility index (Phi) is 19.9. The molecule has 1 aromatic heterocycles. The van der Waals surface area contributed by atoms with Crippen LogP contribution in [0.15, 0.2) is 36.4 Å². The van der Waals surface area contributed by atoms with Gasteiger partial charge in [0.05, 0.1) is 69.8 Å². The van der Waals surface area contributed by atoms with Gasteiger partial charge in [-0.2, -0.15) is 0 Å². The third kappa shape index (κ3) is 16.9. The number of aromatic nitrogens is 2. The first-order valence-electron chi connectivity index (χ1n) is 18.2. The Balaban J connectivity index is 1.17. The third-order valence-corrected chi connectivity index (χ3v) is 8.06. The number of aryl methyl sites for hydroxylation is 3. The number of hydrogen-bond donors (Lipinski definition) is 6. The number of carbonyl (C=O) groups excluding carboxylic acids is 5. The summed E-state index contributed by atoms with van der Waals surface area (Å²) in [5.74, 6) is -3.06. The largest absolute Gasteiger partial charge is 0.508 e. The molecule has 1 aromatic carbocycles. The zero-order valence-electron chi connectivity index (χ0n) is 31.7. The van der Waals surface area contributed by atoms with Crippen molar-refractivity contribution in [2.45, 2.75) is 45.6 Å². The van der Waals surface area contributed by atoms with Crippen LogP contribution in [0.3, 0.4) is 0 Å². The average Bonchev–Trinajstić information content (AvgIpc) is 3.47. The number of hydrogen-bond acceptors (Lipinski definition) is 14. The maximum absolute atomic E-state index is 13.0. The van der Waals surface area contributed by atoms with E-state index < -0.39 is 35.6 Å². The van der Waals surface area contributed by atoms with Crippen LogP contribution in [0.2, 0.25) is 0 Å². The molecular weight excluding hydrogens is 734 g/mol. The van der Waals surface area contributed by atoms with Crippen molar-refractivity contribution in [3.8, 4) is 5.75 Å². The van der Waals surface area contributed by atoms with Crippen molar-refractivity contribution in [2.75, 3.05) is 84.4 Å². The molecule has 0 bridgehead atoms. The number of aromatic hydroxyl groups is 1.